The summed E-state index contributed by atoms with van der Waals surface area (Å²) in [7, 11) is 0. The highest BCUT2D eigenvalue weighted by Gasteiger charge is 2.53. The summed E-state index contributed by atoms with van der Waals surface area (Å²) in [5.41, 5.74) is 0.887. The lowest BCUT2D eigenvalue weighted by molar-refractivity contribution is -0.136. The minimum Gasteiger partial charge on any atom is -0.339 e. The Kier molecular flexibility index (Phi) is 4.81. The predicted octanol–water partition coefficient (Wildman–Crippen LogP) is 3.41. The third kappa shape index (κ3) is 3.21. The maximum absolute atomic E-state index is 13.1. The highest BCUT2D eigenvalue weighted by molar-refractivity contribution is 7.99. The van der Waals surface area contributed by atoms with Crippen molar-refractivity contribution in [3.05, 3.63) is 34.9 Å². The number of rotatable bonds is 3. The summed E-state index contributed by atoms with van der Waals surface area (Å²) in [5, 5.41) is 0.737. The van der Waals surface area contributed by atoms with E-state index in [1.165, 1.54) is 24.3 Å². The third-order valence-corrected chi connectivity index (χ3v) is 7.17. The van der Waals surface area contributed by atoms with Gasteiger partial charge in [0.15, 0.2) is 0 Å². The molecule has 0 N–H and O–H groups in total. The molecule has 0 spiro atoms. The normalized spacial score (nSPS) is 24.8. The van der Waals surface area contributed by atoms with Crippen LogP contribution in [-0.4, -0.2) is 59.4 Å². The van der Waals surface area contributed by atoms with Gasteiger partial charge in [-0.2, -0.15) is 11.8 Å². The fraction of sp³-hybridized carbons (Fsp3) is 0.632. The van der Waals surface area contributed by atoms with E-state index in [4.69, 9.17) is 11.6 Å². The largest absolute Gasteiger partial charge is 0.339 e. The molecule has 3 fully saturated rings. The van der Waals surface area contributed by atoms with E-state index in [1.807, 2.05) is 24.3 Å². The lowest BCUT2D eigenvalue weighted by Gasteiger charge is -2.41. The molecule has 4 rings (SSSR count). The molecule has 1 saturated carbocycles. The first-order valence-corrected chi connectivity index (χ1v) is 10.6. The van der Waals surface area contributed by atoms with Crippen LogP contribution in [0.3, 0.4) is 0 Å². The molecular weight excluding hydrogens is 340 g/mol. The summed E-state index contributed by atoms with van der Waals surface area (Å²) in [6.07, 6.45) is 4.59. The van der Waals surface area contributed by atoms with Crippen LogP contribution in [0.25, 0.3) is 0 Å². The Balaban J connectivity index is 1.38. The second-order valence-corrected chi connectivity index (χ2v) is 8.92. The standard InChI is InChI=1S/C19H25ClN2OS/c20-16-3-1-15(2-4-16)19(7-8-19)18(23)22-11-9-21(10-12-22)17-5-13-24-14-6-17/h1-4,17H,5-14H2. The lowest BCUT2D eigenvalue weighted by atomic mass is 9.94. The molecule has 2 heterocycles. The molecule has 0 radical (unpaired) electrons. The van der Waals surface area contributed by atoms with Crippen LogP contribution in [-0.2, 0) is 10.2 Å². The molecule has 5 heteroatoms. The van der Waals surface area contributed by atoms with Gasteiger partial charge in [-0.3, -0.25) is 9.69 Å². The van der Waals surface area contributed by atoms with Gasteiger partial charge in [0.2, 0.25) is 5.91 Å². The number of carbonyl (C=O) groups is 1. The van der Waals surface area contributed by atoms with Crippen LogP contribution < -0.4 is 0 Å². The number of carbonyl (C=O) groups excluding carboxylic acids is 1. The first-order chi connectivity index (χ1) is 11.7. The van der Waals surface area contributed by atoms with Gasteiger partial charge in [-0.25, -0.2) is 0 Å². The fourth-order valence-corrected chi connectivity index (χ4v) is 5.37. The van der Waals surface area contributed by atoms with Crippen LogP contribution in [0.15, 0.2) is 24.3 Å². The number of thioether (sulfide) groups is 1. The number of hydrogen-bond donors (Lipinski definition) is 0. The van der Waals surface area contributed by atoms with Gasteiger partial charge in [-0.05, 0) is 54.9 Å². The van der Waals surface area contributed by atoms with Crippen LogP contribution in [0.2, 0.25) is 5.02 Å². The van der Waals surface area contributed by atoms with Crippen molar-refractivity contribution in [3.63, 3.8) is 0 Å². The molecule has 130 valence electrons. The van der Waals surface area contributed by atoms with Gasteiger partial charge in [0.1, 0.15) is 0 Å². The van der Waals surface area contributed by atoms with Crippen LogP contribution in [0, 0.1) is 0 Å². The minimum absolute atomic E-state index is 0.256. The number of benzene rings is 1. The summed E-state index contributed by atoms with van der Waals surface area (Å²) >= 11 is 8.08. The zero-order chi connectivity index (χ0) is 16.6. The topological polar surface area (TPSA) is 23.6 Å². The number of amides is 1. The molecule has 1 aromatic carbocycles. The molecule has 1 aliphatic carbocycles. The molecule has 2 saturated heterocycles. The van der Waals surface area contributed by atoms with Crippen molar-refractivity contribution < 1.29 is 4.79 Å². The maximum atomic E-state index is 13.1. The lowest BCUT2D eigenvalue weighted by Crippen LogP contribution is -2.54. The summed E-state index contributed by atoms with van der Waals surface area (Å²) < 4.78 is 0. The van der Waals surface area contributed by atoms with Gasteiger partial charge in [0, 0.05) is 37.2 Å². The van der Waals surface area contributed by atoms with E-state index in [2.05, 4.69) is 21.6 Å². The van der Waals surface area contributed by atoms with E-state index in [1.54, 1.807) is 0 Å². The Morgan fingerprint density at radius 1 is 1.04 bits per heavy atom. The Bertz CT molecular complexity index is 588. The van der Waals surface area contributed by atoms with E-state index in [9.17, 15) is 4.79 Å². The zero-order valence-electron chi connectivity index (χ0n) is 14.0. The fourth-order valence-electron chi connectivity index (χ4n) is 4.16. The Morgan fingerprint density at radius 2 is 1.67 bits per heavy atom. The Labute approximate surface area is 153 Å². The smallest absolute Gasteiger partial charge is 0.233 e. The highest BCUT2D eigenvalue weighted by atomic mass is 35.5. The van der Waals surface area contributed by atoms with Crippen molar-refractivity contribution in [2.45, 2.75) is 37.1 Å². The summed E-state index contributed by atoms with van der Waals surface area (Å²) in [5.74, 6) is 2.93. The van der Waals surface area contributed by atoms with Crippen molar-refractivity contribution in [2.75, 3.05) is 37.7 Å². The second kappa shape index (κ2) is 6.89. The van der Waals surface area contributed by atoms with E-state index in [0.717, 1.165) is 55.6 Å². The highest BCUT2D eigenvalue weighted by Crippen LogP contribution is 2.50. The SMILES string of the molecule is O=C(N1CCN(C2CCSCC2)CC1)C1(c2ccc(Cl)cc2)CC1. The first kappa shape index (κ1) is 16.7. The summed E-state index contributed by atoms with van der Waals surface area (Å²) in [6, 6.07) is 8.62. The summed E-state index contributed by atoms with van der Waals surface area (Å²) in [6.45, 7) is 3.85. The van der Waals surface area contributed by atoms with Crippen LogP contribution >= 0.6 is 23.4 Å². The first-order valence-electron chi connectivity index (χ1n) is 9.06. The molecule has 1 amide bonds. The van der Waals surface area contributed by atoms with Gasteiger partial charge in [0.05, 0.1) is 5.41 Å². The number of nitrogens with zero attached hydrogens (tertiary/aromatic N) is 2. The van der Waals surface area contributed by atoms with Crippen molar-refractivity contribution in [1.29, 1.82) is 0 Å². The maximum Gasteiger partial charge on any atom is 0.233 e. The molecule has 3 nitrogen and oxygen atoms in total. The molecule has 0 bridgehead atoms. The monoisotopic (exact) mass is 364 g/mol. The molecule has 2 aliphatic heterocycles. The van der Waals surface area contributed by atoms with Crippen molar-refractivity contribution >= 4 is 29.3 Å². The second-order valence-electron chi connectivity index (χ2n) is 7.26. The molecule has 0 unspecified atom stereocenters. The Hall–Kier alpha value is -0.710. The third-order valence-electron chi connectivity index (χ3n) is 5.86. The predicted molar refractivity (Wildman–Crippen MR) is 101 cm³/mol. The minimum atomic E-state index is -0.256. The average molecular weight is 365 g/mol. The van der Waals surface area contributed by atoms with Gasteiger partial charge in [-0.15, -0.1) is 0 Å². The number of halogens is 1. The van der Waals surface area contributed by atoms with Crippen LogP contribution in [0.1, 0.15) is 31.2 Å². The summed E-state index contributed by atoms with van der Waals surface area (Å²) in [4.78, 5) is 17.8. The molecule has 24 heavy (non-hydrogen) atoms. The van der Waals surface area contributed by atoms with Gasteiger partial charge < -0.3 is 4.90 Å². The van der Waals surface area contributed by atoms with Gasteiger partial charge >= 0.3 is 0 Å². The van der Waals surface area contributed by atoms with E-state index in [0.29, 0.717) is 5.91 Å². The van der Waals surface area contributed by atoms with Crippen LogP contribution in [0.5, 0.6) is 0 Å². The van der Waals surface area contributed by atoms with E-state index < -0.39 is 0 Å². The molecular formula is C19H25ClN2OS. The average Bonchev–Trinajstić information content (AvgIpc) is 3.44. The van der Waals surface area contributed by atoms with Crippen LogP contribution in [0.4, 0.5) is 0 Å². The molecule has 0 atom stereocenters. The van der Waals surface area contributed by atoms with Gasteiger partial charge in [0.25, 0.3) is 0 Å². The molecule has 0 aromatic heterocycles. The van der Waals surface area contributed by atoms with Gasteiger partial charge in [-0.1, -0.05) is 23.7 Å². The molecule has 3 aliphatic rings. The quantitative estimate of drug-likeness (QED) is 0.821. The molecule has 1 aromatic rings. The van der Waals surface area contributed by atoms with E-state index in [-0.39, 0.29) is 5.41 Å². The van der Waals surface area contributed by atoms with Crippen molar-refractivity contribution in [2.24, 2.45) is 0 Å². The zero-order valence-corrected chi connectivity index (χ0v) is 15.6. The van der Waals surface area contributed by atoms with Crippen molar-refractivity contribution in [3.8, 4) is 0 Å². The van der Waals surface area contributed by atoms with E-state index >= 15 is 0 Å². The number of hydrogen-bond acceptors (Lipinski definition) is 3. The number of piperazine rings is 1. The van der Waals surface area contributed by atoms with Crippen molar-refractivity contribution in [1.82, 2.24) is 9.80 Å². The Morgan fingerprint density at radius 3 is 2.25 bits per heavy atom.